The lowest BCUT2D eigenvalue weighted by molar-refractivity contribution is 0.0950. The molecule has 0 saturated heterocycles. The van der Waals surface area contributed by atoms with Crippen molar-refractivity contribution in [3.8, 4) is 5.75 Å². The highest BCUT2D eigenvalue weighted by Gasteiger charge is 2.10. The van der Waals surface area contributed by atoms with Crippen LogP contribution in [-0.4, -0.2) is 11.0 Å². The van der Waals surface area contributed by atoms with E-state index in [9.17, 15) is 14.3 Å². The molecule has 2 aromatic carbocycles. The number of nitrogens with one attached hydrogen (secondary N) is 1. The first-order valence-corrected chi connectivity index (χ1v) is 6.37. The summed E-state index contributed by atoms with van der Waals surface area (Å²) in [4.78, 5) is 11.9. The van der Waals surface area contributed by atoms with Crippen molar-refractivity contribution >= 4 is 21.8 Å². The molecule has 0 heterocycles. The van der Waals surface area contributed by atoms with E-state index in [-0.39, 0.29) is 18.2 Å². The molecule has 1 amide bonds. The molecule has 3 nitrogen and oxygen atoms in total. The Morgan fingerprint density at radius 1 is 1.26 bits per heavy atom. The summed E-state index contributed by atoms with van der Waals surface area (Å²) in [5, 5.41) is 12.0. The second-order valence-electron chi connectivity index (χ2n) is 3.98. The molecule has 98 valence electrons. The highest BCUT2D eigenvalue weighted by atomic mass is 79.9. The maximum absolute atomic E-state index is 12.9. The van der Waals surface area contributed by atoms with Crippen LogP contribution in [0.1, 0.15) is 15.9 Å². The Morgan fingerprint density at radius 3 is 2.74 bits per heavy atom. The van der Waals surface area contributed by atoms with Gasteiger partial charge in [-0.25, -0.2) is 4.39 Å². The Kier molecular flexibility index (Phi) is 4.16. The van der Waals surface area contributed by atoms with Gasteiger partial charge in [0.2, 0.25) is 0 Å². The number of carbonyl (C=O) groups excluding carboxylic acids is 1. The molecular weight excluding hydrogens is 313 g/mol. The van der Waals surface area contributed by atoms with Crippen LogP contribution in [0.15, 0.2) is 46.9 Å². The zero-order valence-corrected chi connectivity index (χ0v) is 11.4. The molecule has 19 heavy (non-hydrogen) atoms. The molecule has 5 heteroatoms. The summed E-state index contributed by atoms with van der Waals surface area (Å²) < 4.78 is 13.3. The number of carbonyl (C=O) groups is 1. The summed E-state index contributed by atoms with van der Waals surface area (Å²) >= 11 is 3.14. The number of phenolic OH excluding ortho intramolecular Hbond substituents is 1. The molecule has 2 N–H and O–H groups in total. The Hall–Kier alpha value is -1.88. The second-order valence-corrected chi connectivity index (χ2v) is 4.83. The lowest BCUT2D eigenvalue weighted by Gasteiger charge is -2.07. The number of halogens is 2. The largest absolute Gasteiger partial charge is 0.508 e. The van der Waals surface area contributed by atoms with Crippen LogP contribution in [-0.2, 0) is 6.54 Å². The van der Waals surface area contributed by atoms with Crippen LogP contribution in [0.2, 0.25) is 0 Å². The van der Waals surface area contributed by atoms with Gasteiger partial charge >= 0.3 is 0 Å². The van der Waals surface area contributed by atoms with E-state index in [1.54, 1.807) is 24.3 Å². The fraction of sp³-hybridized carbons (Fsp3) is 0.0714. The number of aromatic hydroxyl groups is 1. The van der Waals surface area contributed by atoms with Gasteiger partial charge in [0, 0.05) is 11.0 Å². The van der Waals surface area contributed by atoms with Gasteiger partial charge < -0.3 is 10.4 Å². The van der Waals surface area contributed by atoms with Gasteiger partial charge in [-0.05, 0) is 51.8 Å². The van der Waals surface area contributed by atoms with Crippen molar-refractivity contribution in [2.75, 3.05) is 0 Å². The number of rotatable bonds is 3. The first-order valence-electron chi connectivity index (χ1n) is 5.57. The predicted octanol–water partition coefficient (Wildman–Crippen LogP) is 3.22. The maximum Gasteiger partial charge on any atom is 0.252 e. The Labute approximate surface area is 118 Å². The molecule has 0 aliphatic rings. The SMILES string of the molecule is O=C(NCc1cccc(O)c1)c1ccc(F)cc1Br. The second kappa shape index (κ2) is 5.84. The molecule has 0 atom stereocenters. The fourth-order valence-electron chi connectivity index (χ4n) is 1.62. The van der Waals surface area contributed by atoms with Gasteiger partial charge in [0.25, 0.3) is 5.91 Å². The number of amides is 1. The van der Waals surface area contributed by atoms with Gasteiger partial charge in [-0.2, -0.15) is 0 Å². The minimum Gasteiger partial charge on any atom is -0.508 e. The van der Waals surface area contributed by atoms with Gasteiger partial charge in [-0.1, -0.05) is 12.1 Å². The molecule has 0 aliphatic carbocycles. The van der Waals surface area contributed by atoms with Crippen molar-refractivity contribution in [3.05, 3.63) is 63.9 Å². The maximum atomic E-state index is 12.9. The quantitative estimate of drug-likeness (QED) is 0.911. The van der Waals surface area contributed by atoms with Gasteiger partial charge in [-0.15, -0.1) is 0 Å². The van der Waals surface area contributed by atoms with Crippen LogP contribution in [0.5, 0.6) is 5.75 Å². The first-order chi connectivity index (χ1) is 9.06. The smallest absolute Gasteiger partial charge is 0.252 e. The molecule has 0 bridgehead atoms. The van der Waals surface area contributed by atoms with Crippen LogP contribution in [0.4, 0.5) is 4.39 Å². The third-order valence-electron chi connectivity index (χ3n) is 2.54. The standard InChI is InChI=1S/C14H11BrFNO2/c15-13-7-10(16)4-5-12(13)14(19)17-8-9-2-1-3-11(18)6-9/h1-7,18H,8H2,(H,17,19). The summed E-state index contributed by atoms with van der Waals surface area (Å²) in [5.41, 5.74) is 1.15. The fourth-order valence-corrected chi connectivity index (χ4v) is 2.15. The molecule has 0 aliphatic heterocycles. The predicted molar refractivity (Wildman–Crippen MR) is 73.4 cm³/mol. The van der Waals surface area contributed by atoms with Crippen LogP contribution in [0, 0.1) is 5.82 Å². The van der Waals surface area contributed by atoms with E-state index in [0.29, 0.717) is 10.0 Å². The van der Waals surface area contributed by atoms with E-state index in [1.807, 2.05) is 0 Å². The minimum atomic E-state index is -0.406. The molecule has 0 radical (unpaired) electrons. The van der Waals surface area contributed by atoms with Crippen molar-refractivity contribution < 1.29 is 14.3 Å². The van der Waals surface area contributed by atoms with Crippen molar-refractivity contribution in [3.63, 3.8) is 0 Å². The third kappa shape index (κ3) is 3.54. The first kappa shape index (κ1) is 13.5. The van der Waals surface area contributed by atoms with Crippen LogP contribution in [0.3, 0.4) is 0 Å². The average Bonchev–Trinajstić information content (AvgIpc) is 2.36. The molecule has 0 spiro atoms. The summed E-state index contributed by atoms with van der Waals surface area (Å²) in [6, 6.07) is 10.5. The number of hydrogen-bond donors (Lipinski definition) is 2. The van der Waals surface area contributed by atoms with Crippen molar-refractivity contribution in [2.24, 2.45) is 0 Å². The average molecular weight is 324 g/mol. The van der Waals surface area contributed by atoms with E-state index in [1.165, 1.54) is 18.2 Å². The van der Waals surface area contributed by atoms with Crippen LogP contribution < -0.4 is 5.32 Å². The summed E-state index contributed by atoms with van der Waals surface area (Å²) in [5.74, 6) is -0.568. The van der Waals surface area contributed by atoms with Crippen LogP contribution >= 0.6 is 15.9 Å². The lowest BCUT2D eigenvalue weighted by atomic mass is 10.2. The molecule has 2 rings (SSSR count). The molecular formula is C14H11BrFNO2. The summed E-state index contributed by atoms with van der Waals surface area (Å²) in [6.07, 6.45) is 0. The van der Waals surface area contributed by atoms with Gasteiger partial charge in [0.05, 0.1) is 5.56 Å². The van der Waals surface area contributed by atoms with Crippen LogP contribution in [0.25, 0.3) is 0 Å². The highest BCUT2D eigenvalue weighted by Crippen LogP contribution is 2.18. The van der Waals surface area contributed by atoms with E-state index < -0.39 is 5.82 Å². The third-order valence-corrected chi connectivity index (χ3v) is 3.20. The molecule has 0 aromatic heterocycles. The van der Waals surface area contributed by atoms with Crippen molar-refractivity contribution in [1.82, 2.24) is 5.32 Å². The number of benzene rings is 2. The molecule has 0 unspecified atom stereocenters. The van der Waals surface area contributed by atoms with E-state index in [2.05, 4.69) is 21.2 Å². The molecule has 0 fully saturated rings. The van der Waals surface area contributed by atoms with Crippen molar-refractivity contribution in [2.45, 2.75) is 6.54 Å². The Balaban J connectivity index is 2.05. The highest BCUT2D eigenvalue weighted by molar-refractivity contribution is 9.10. The van der Waals surface area contributed by atoms with E-state index >= 15 is 0 Å². The number of phenols is 1. The van der Waals surface area contributed by atoms with E-state index in [4.69, 9.17) is 0 Å². The minimum absolute atomic E-state index is 0.148. The normalized spacial score (nSPS) is 10.2. The van der Waals surface area contributed by atoms with Gasteiger partial charge in [0.15, 0.2) is 0 Å². The van der Waals surface area contributed by atoms with Gasteiger partial charge in [-0.3, -0.25) is 4.79 Å². The molecule has 0 saturated carbocycles. The summed E-state index contributed by atoms with van der Waals surface area (Å²) in [7, 11) is 0. The Morgan fingerprint density at radius 2 is 2.05 bits per heavy atom. The van der Waals surface area contributed by atoms with Gasteiger partial charge in [0.1, 0.15) is 11.6 Å². The topological polar surface area (TPSA) is 49.3 Å². The monoisotopic (exact) mass is 323 g/mol. The zero-order valence-electron chi connectivity index (χ0n) is 9.86. The summed E-state index contributed by atoms with van der Waals surface area (Å²) in [6.45, 7) is 0.289. The zero-order chi connectivity index (χ0) is 13.8. The molecule has 2 aromatic rings. The Bertz CT molecular complexity index is 616. The number of hydrogen-bond acceptors (Lipinski definition) is 2. The lowest BCUT2D eigenvalue weighted by Crippen LogP contribution is -2.23. The van der Waals surface area contributed by atoms with Crippen molar-refractivity contribution in [1.29, 1.82) is 0 Å². The van der Waals surface area contributed by atoms with E-state index in [0.717, 1.165) is 5.56 Å².